The lowest BCUT2D eigenvalue weighted by Crippen LogP contribution is -2.33. The van der Waals surface area contributed by atoms with Crippen LogP contribution in [-0.4, -0.2) is 30.9 Å². The molecular weight excluding hydrogens is 244 g/mol. The second-order valence-electron chi connectivity index (χ2n) is 3.63. The van der Waals surface area contributed by atoms with Crippen molar-refractivity contribution >= 4 is 23.2 Å². The topological polar surface area (TPSA) is 70.6 Å². The van der Waals surface area contributed by atoms with Crippen molar-refractivity contribution in [1.29, 1.82) is 0 Å². The van der Waals surface area contributed by atoms with Crippen LogP contribution in [0.4, 0.5) is 5.69 Å². The van der Waals surface area contributed by atoms with Gasteiger partial charge in [-0.05, 0) is 12.5 Å². The average molecular weight is 257 g/mol. The molecule has 2 rings (SSSR count). The predicted octanol–water partition coefficient (Wildman–Crippen LogP) is 1.21. The Labute approximate surface area is 104 Å². The van der Waals surface area contributed by atoms with Gasteiger partial charge in [0, 0.05) is 19.2 Å². The van der Waals surface area contributed by atoms with Crippen LogP contribution >= 0.6 is 11.6 Å². The molecule has 3 N–H and O–H groups in total. The third-order valence-corrected chi connectivity index (χ3v) is 2.74. The molecule has 6 heteroatoms. The van der Waals surface area contributed by atoms with Crippen LogP contribution in [0.15, 0.2) is 12.1 Å². The number of rotatable bonds is 4. The second-order valence-corrected chi connectivity index (χ2v) is 4.03. The maximum absolute atomic E-state index is 11.5. The van der Waals surface area contributed by atoms with Crippen molar-refractivity contribution in [1.82, 2.24) is 5.32 Å². The summed E-state index contributed by atoms with van der Waals surface area (Å²) < 4.78 is 5.32. The summed E-state index contributed by atoms with van der Waals surface area (Å²) in [6, 6.07) is 3.28. The minimum absolute atomic E-state index is 0.120. The second kappa shape index (κ2) is 5.25. The van der Waals surface area contributed by atoms with Gasteiger partial charge in [-0.3, -0.25) is 4.79 Å². The van der Waals surface area contributed by atoms with E-state index in [9.17, 15) is 4.79 Å². The summed E-state index contributed by atoms with van der Waals surface area (Å²) in [6.07, 6.45) is 0.634. The number of amides is 1. The van der Waals surface area contributed by atoms with E-state index >= 15 is 0 Å². The Morgan fingerprint density at radius 2 is 2.35 bits per heavy atom. The first-order valence-corrected chi connectivity index (χ1v) is 5.69. The van der Waals surface area contributed by atoms with Crippen LogP contribution in [0.25, 0.3) is 0 Å². The summed E-state index contributed by atoms with van der Waals surface area (Å²) in [5.41, 5.74) is 1.14. The molecule has 1 aromatic carbocycles. The van der Waals surface area contributed by atoms with Gasteiger partial charge in [-0.25, -0.2) is 0 Å². The van der Waals surface area contributed by atoms with Crippen molar-refractivity contribution in [3.05, 3.63) is 22.7 Å². The third kappa shape index (κ3) is 2.62. The molecule has 5 nitrogen and oxygen atoms in total. The van der Waals surface area contributed by atoms with E-state index in [1.807, 2.05) is 0 Å². The Balaban J connectivity index is 2.21. The zero-order valence-corrected chi connectivity index (χ0v) is 9.88. The number of aliphatic hydroxyl groups excluding tert-OH is 1. The summed E-state index contributed by atoms with van der Waals surface area (Å²) in [7, 11) is 0. The Kier molecular flexibility index (Phi) is 3.71. The fourth-order valence-corrected chi connectivity index (χ4v) is 1.79. The predicted molar refractivity (Wildman–Crippen MR) is 64.6 cm³/mol. The minimum atomic E-state index is -0.185. The first kappa shape index (κ1) is 12.0. The molecule has 0 bridgehead atoms. The van der Waals surface area contributed by atoms with Crippen molar-refractivity contribution < 1.29 is 14.6 Å². The highest BCUT2D eigenvalue weighted by atomic mass is 35.5. The maximum atomic E-state index is 11.5. The van der Waals surface area contributed by atoms with E-state index in [4.69, 9.17) is 21.4 Å². The van der Waals surface area contributed by atoms with E-state index in [-0.39, 0.29) is 19.2 Å². The lowest BCUT2D eigenvalue weighted by atomic mass is 10.1. The van der Waals surface area contributed by atoms with Gasteiger partial charge in [-0.2, -0.15) is 0 Å². The summed E-state index contributed by atoms with van der Waals surface area (Å²) >= 11 is 6.04. The number of nitrogens with one attached hydrogen (secondary N) is 2. The molecule has 0 aromatic heterocycles. The largest absolute Gasteiger partial charge is 0.472 e. The number of halogens is 1. The summed E-state index contributed by atoms with van der Waals surface area (Å²) in [5, 5.41) is 14.8. The zero-order chi connectivity index (χ0) is 12.3. The number of ether oxygens (including phenoxy) is 1. The van der Waals surface area contributed by atoms with Gasteiger partial charge in [0.15, 0.2) is 6.73 Å². The minimum Gasteiger partial charge on any atom is -0.472 e. The Bertz CT molecular complexity index is 437. The highest BCUT2D eigenvalue weighted by molar-refractivity contribution is 6.33. The van der Waals surface area contributed by atoms with Crippen LogP contribution in [0.1, 0.15) is 16.8 Å². The van der Waals surface area contributed by atoms with Gasteiger partial charge in [-0.15, -0.1) is 0 Å². The molecule has 1 aliphatic rings. The lowest BCUT2D eigenvalue weighted by Gasteiger charge is -2.19. The van der Waals surface area contributed by atoms with Crippen LogP contribution in [0.5, 0.6) is 5.75 Å². The highest BCUT2D eigenvalue weighted by Crippen LogP contribution is 2.32. The standard InChI is InChI=1S/C11H13ClN2O3/c12-8-4-7-10(17-6-14-11(7)16)5-9(8)13-2-1-3-15/h4-5,13,15H,1-3,6H2,(H,14,16). The number of benzene rings is 1. The van der Waals surface area contributed by atoms with E-state index in [0.29, 0.717) is 35.0 Å². The van der Waals surface area contributed by atoms with Crippen molar-refractivity contribution in [2.75, 3.05) is 25.2 Å². The highest BCUT2D eigenvalue weighted by Gasteiger charge is 2.19. The van der Waals surface area contributed by atoms with Gasteiger partial charge < -0.3 is 20.5 Å². The van der Waals surface area contributed by atoms with Gasteiger partial charge in [-0.1, -0.05) is 11.6 Å². The SMILES string of the molecule is O=C1NCOc2cc(NCCCO)c(Cl)cc21. The van der Waals surface area contributed by atoms with E-state index in [0.717, 1.165) is 0 Å². The van der Waals surface area contributed by atoms with Gasteiger partial charge >= 0.3 is 0 Å². The van der Waals surface area contributed by atoms with Gasteiger partial charge in [0.25, 0.3) is 5.91 Å². The van der Waals surface area contributed by atoms with E-state index in [2.05, 4.69) is 10.6 Å². The van der Waals surface area contributed by atoms with Crippen LogP contribution in [-0.2, 0) is 0 Å². The molecule has 0 aliphatic carbocycles. The molecule has 92 valence electrons. The maximum Gasteiger partial charge on any atom is 0.257 e. The number of aliphatic hydroxyl groups is 1. The van der Waals surface area contributed by atoms with Crippen molar-refractivity contribution in [2.45, 2.75) is 6.42 Å². The van der Waals surface area contributed by atoms with Crippen molar-refractivity contribution in [3.8, 4) is 5.75 Å². The average Bonchev–Trinajstić information content (AvgIpc) is 2.31. The summed E-state index contributed by atoms with van der Waals surface area (Å²) in [4.78, 5) is 11.5. The van der Waals surface area contributed by atoms with E-state index in [1.165, 1.54) is 0 Å². The van der Waals surface area contributed by atoms with Crippen LogP contribution in [0.2, 0.25) is 5.02 Å². The van der Waals surface area contributed by atoms with Crippen LogP contribution in [0.3, 0.4) is 0 Å². The molecule has 0 saturated heterocycles. The first-order valence-electron chi connectivity index (χ1n) is 5.31. The number of anilines is 1. The normalized spacial score (nSPS) is 13.6. The molecule has 1 aliphatic heterocycles. The number of fused-ring (bicyclic) bond motifs is 1. The molecule has 0 atom stereocenters. The molecule has 1 amide bonds. The molecule has 1 heterocycles. The summed E-state index contributed by atoms with van der Waals surface area (Å²) in [6.45, 7) is 0.902. The molecule has 0 saturated carbocycles. The summed E-state index contributed by atoms with van der Waals surface area (Å²) in [5.74, 6) is 0.333. The van der Waals surface area contributed by atoms with Gasteiger partial charge in [0.05, 0.1) is 16.3 Å². The number of hydrogen-bond donors (Lipinski definition) is 3. The molecule has 0 spiro atoms. The van der Waals surface area contributed by atoms with Crippen LogP contribution < -0.4 is 15.4 Å². The Morgan fingerprint density at radius 3 is 3.12 bits per heavy atom. The number of carbonyl (C=O) groups is 1. The molecular formula is C11H13ClN2O3. The molecule has 17 heavy (non-hydrogen) atoms. The van der Waals surface area contributed by atoms with E-state index < -0.39 is 0 Å². The Hall–Kier alpha value is -1.46. The van der Waals surface area contributed by atoms with Gasteiger partial charge in [0.1, 0.15) is 5.75 Å². The molecule has 0 fully saturated rings. The number of hydrogen-bond acceptors (Lipinski definition) is 4. The zero-order valence-electron chi connectivity index (χ0n) is 9.12. The van der Waals surface area contributed by atoms with Crippen molar-refractivity contribution in [3.63, 3.8) is 0 Å². The monoisotopic (exact) mass is 256 g/mol. The molecule has 0 unspecified atom stereocenters. The fourth-order valence-electron chi connectivity index (χ4n) is 1.56. The third-order valence-electron chi connectivity index (χ3n) is 2.42. The number of carbonyl (C=O) groups excluding carboxylic acids is 1. The molecule has 1 aromatic rings. The molecule has 0 radical (unpaired) electrons. The Morgan fingerprint density at radius 1 is 1.53 bits per heavy atom. The first-order chi connectivity index (χ1) is 8.22. The quantitative estimate of drug-likeness (QED) is 0.709. The van der Waals surface area contributed by atoms with Gasteiger partial charge in [0.2, 0.25) is 0 Å². The lowest BCUT2D eigenvalue weighted by molar-refractivity contribution is 0.0883. The van der Waals surface area contributed by atoms with Crippen molar-refractivity contribution in [2.24, 2.45) is 0 Å². The smallest absolute Gasteiger partial charge is 0.257 e. The van der Waals surface area contributed by atoms with Crippen LogP contribution in [0, 0.1) is 0 Å². The fraction of sp³-hybridized carbons (Fsp3) is 0.364. The van der Waals surface area contributed by atoms with E-state index in [1.54, 1.807) is 12.1 Å².